The van der Waals surface area contributed by atoms with Crippen molar-refractivity contribution in [2.75, 3.05) is 33.4 Å². The van der Waals surface area contributed by atoms with Gasteiger partial charge in [-0.15, -0.1) is 11.8 Å². The summed E-state index contributed by atoms with van der Waals surface area (Å²) in [6.45, 7) is 12.7. The number of ether oxygens (including phenoxy) is 4. The van der Waals surface area contributed by atoms with Crippen LogP contribution in [-0.2, 0) is 4.74 Å². The number of thioether (sulfide) groups is 1. The second-order valence-electron chi connectivity index (χ2n) is 9.26. The minimum Gasteiger partial charge on any atom is -0.497 e. The Morgan fingerprint density at radius 1 is 0.939 bits per heavy atom. The van der Waals surface area contributed by atoms with Crippen LogP contribution in [0.2, 0.25) is 25.7 Å². The molecule has 0 amide bonds. The molecular weight excluding hydrogens is 448 g/mol. The van der Waals surface area contributed by atoms with E-state index in [9.17, 15) is 0 Å². The van der Waals surface area contributed by atoms with Gasteiger partial charge in [0.05, 0.1) is 7.11 Å². The van der Waals surface area contributed by atoms with Crippen molar-refractivity contribution in [1.29, 1.82) is 0 Å². The van der Waals surface area contributed by atoms with Crippen LogP contribution in [0, 0.1) is 0 Å². The number of methoxy groups -OCH3 is 1. The zero-order valence-electron chi connectivity index (χ0n) is 21.1. The van der Waals surface area contributed by atoms with Gasteiger partial charge >= 0.3 is 0 Å². The van der Waals surface area contributed by atoms with Crippen LogP contribution >= 0.6 is 11.8 Å². The lowest BCUT2D eigenvalue weighted by Crippen LogP contribution is -2.22. The molecule has 0 aliphatic heterocycles. The van der Waals surface area contributed by atoms with Gasteiger partial charge < -0.3 is 18.9 Å². The Bertz CT molecular complexity index is 944. The summed E-state index contributed by atoms with van der Waals surface area (Å²) in [4.78, 5) is 1.09. The largest absolute Gasteiger partial charge is 0.497 e. The van der Waals surface area contributed by atoms with Gasteiger partial charge in [-0.25, -0.2) is 0 Å². The highest BCUT2D eigenvalue weighted by Gasteiger charge is 2.12. The number of allylic oxidation sites excluding steroid dienone is 1. The Kier molecular flexibility index (Phi) is 11.1. The van der Waals surface area contributed by atoms with Gasteiger partial charge in [0.1, 0.15) is 23.9 Å². The van der Waals surface area contributed by atoms with E-state index < -0.39 is 8.07 Å². The fourth-order valence-electron chi connectivity index (χ4n) is 2.84. The topological polar surface area (TPSA) is 36.9 Å². The third-order valence-corrected chi connectivity index (χ3v) is 7.29. The average Bonchev–Trinajstić information content (AvgIpc) is 2.76. The molecule has 0 aromatic heterocycles. The van der Waals surface area contributed by atoms with Gasteiger partial charge in [-0.05, 0) is 67.6 Å². The number of rotatable bonds is 13. The SMILES string of the molecule is COc1cc(/C=C/c2ccc(OCOCC[Si](C)(C)C)c(SC)c2)cc(OCC=C(C)C)c1. The summed E-state index contributed by atoms with van der Waals surface area (Å²) >= 11 is 1.67. The van der Waals surface area contributed by atoms with Crippen LogP contribution in [0.5, 0.6) is 17.2 Å². The third kappa shape index (κ3) is 10.5. The minimum absolute atomic E-state index is 0.284. The average molecular weight is 487 g/mol. The highest BCUT2D eigenvalue weighted by atomic mass is 32.2. The summed E-state index contributed by atoms with van der Waals surface area (Å²) in [5, 5.41) is 0. The third-order valence-electron chi connectivity index (χ3n) is 4.83. The molecule has 0 saturated carbocycles. The second-order valence-corrected chi connectivity index (χ2v) is 15.7. The zero-order chi connectivity index (χ0) is 24.3. The maximum atomic E-state index is 5.87. The molecule has 33 heavy (non-hydrogen) atoms. The van der Waals surface area contributed by atoms with E-state index >= 15 is 0 Å². The van der Waals surface area contributed by atoms with E-state index in [0.29, 0.717) is 6.61 Å². The van der Waals surface area contributed by atoms with Crippen molar-refractivity contribution in [3.63, 3.8) is 0 Å². The predicted molar refractivity (Wildman–Crippen MR) is 145 cm³/mol. The van der Waals surface area contributed by atoms with E-state index in [0.717, 1.165) is 45.9 Å². The Balaban J connectivity index is 2.04. The molecule has 4 nitrogen and oxygen atoms in total. The lowest BCUT2D eigenvalue weighted by atomic mass is 10.1. The first-order valence-electron chi connectivity index (χ1n) is 11.2. The van der Waals surface area contributed by atoms with Gasteiger partial charge in [0.25, 0.3) is 0 Å². The van der Waals surface area contributed by atoms with Crippen LogP contribution in [0.1, 0.15) is 25.0 Å². The van der Waals surface area contributed by atoms with Crippen LogP contribution in [0.4, 0.5) is 0 Å². The van der Waals surface area contributed by atoms with Crippen LogP contribution in [-0.4, -0.2) is 41.4 Å². The van der Waals surface area contributed by atoms with Crippen LogP contribution < -0.4 is 14.2 Å². The Labute approximate surface area is 205 Å². The van der Waals surface area contributed by atoms with Crippen LogP contribution in [0.25, 0.3) is 12.2 Å². The second kappa shape index (κ2) is 13.5. The van der Waals surface area contributed by atoms with E-state index in [1.54, 1.807) is 18.9 Å². The van der Waals surface area contributed by atoms with Gasteiger partial charge in [0.2, 0.25) is 0 Å². The van der Waals surface area contributed by atoms with Gasteiger partial charge in [0, 0.05) is 25.6 Å². The molecule has 0 aliphatic carbocycles. The van der Waals surface area contributed by atoms with Gasteiger partial charge in [-0.1, -0.05) is 43.4 Å². The van der Waals surface area contributed by atoms with E-state index in [2.05, 4.69) is 70.1 Å². The number of hydrogen-bond donors (Lipinski definition) is 0. The summed E-state index contributed by atoms with van der Waals surface area (Å²) in [6.07, 6.45) is 8.26. The molecule has 2 rings (SSSR count). The standard InChI is InChI=1S/C27H38O4SSi/c1-21(2)12-13-30-25-17-23(16-24(19-25)28-3)9-8-22-10-11-26(27(18-22)32-4)31-20-29-14-15-33(5,6)7/h8-12,16-19H,13-15,20H2,1-7H3/b9-8+. The molecule has 0 spiro atoms. The fourth-order valence-corrected chi connectivity index (χ4v) is 4.18. The molecule has 0 radical (unpaired) electrons. The molecule has 0 heterocycles. The normalized spacial score (nSPS) is 11.5. The smallest absolute Gasteiger partial charge is 0.189 e. The summed E-state index contributed by atoms with van der Waals surface area (Å²) in [6, 6.07) is 13.2. The first-order chi connectivity index (χ1) is 15.7. The lowest BCUT2D eigenvalue weighted by molar-refractivity contribution is 0.0204. The summed E-state index contributed by atoms with van der Waals surface area (Å²) in [5.74, 6) is 2.41. The molecule has 0 saturated heterocycles. The van der Waals surface area contributed by atoms with Crippen LogP contribution in [0.3, 0.4) is 0 Å². The zero-order valence-corrected chi connectivity index (χ0v) is 22.9. The summed E-state index contributed by atoms with van der Waals surface area (Å²) in [7, 11) is 0.587. The first kappa shape index (κ1) is 27.1. The molecule has 0 N–H and O–H groups in total. The van der Waals surface area contributed by atoms with Crippen molar-refractivity contribution in [1.82, 2.24) is 0 Å². The molecule has 0 fully saturated rings. The van der Waals surface area contributed by atoms with Crippen molar-refractivity contribution in [3.8, 4) is 17.2 Å². The van der Waals surface area contributed by atoms with Crippen molar-refractivity contribution in [3.05, 3.63) is 59.2 Å². The quantitative estimate of drug-likeness (QED) is 0.0726. The maximum Gasteiger partial charge on any atom is 0.189 e. The molecule has 0 aliphatic rings. The van der Waals surface area contributed by atoms with E-state index in [-0.39, 0.29) is 6.79 Å². The molecule has 0 bridgehead atoms. The molecule has 0 unspecified atom stereocenters. The Morgan fingerprint density at radius 2 is 1.67 bits per heavy atom. The maximum absolute atomic E-state index is 5.87. The molecule has 6 heteroatoms. The first-order valence-corrected chi connectivity index (χ1v) is 16.2. The minimum atomic E-state index is -1.08. The fraction of sp³-hybridized carbons (Fsp3) is 0.407. The van der Waals surface area contributed by atoms with Crippen molar-refractivity contribution in [2.24, 2.45) is 0 Å². The van der Waals surface area contributed by atoms with Crippen molar-refractivity contribution < 1.29 is 18.9 Å². The molecule has 180 valence electrons. The molecule has 0 atom stereocenters. The molecular formula is C27H38O4SSi. The number of hydrogen-bond acceptors (Lipinski definition) is 5. The Hall–Kier alpha value is -2.15. The van der Waals surface area contributed by atoms with E-state index in [1.807, 2.05) is 24.3 Å². The molecule has 2 aromatic carbocycles. The van der Waals surface area contributed by atoms with Gasteiger partial charge in [0.15, 0.2) is 6.79 Å². The highest BCUT2D eigenvalue weighted by Crippen LogP contribution is 2.30. The van der Waals surface area contributed by atoms with Crippen LogP contribution in [0.15, 0.2) is 52.9 Å². The molecule has 2 aromatic rings. The van der Waals surface area contributed by atoms with E-state index in [1.165, 1.54) is 5.57 Å². The monoisotopic (exact) mass is 486 g/mol. The van der Waals surface area contributed by atoms with Gasteiger partial charge in [-0.2, -0.15) is 0 Å². The summed E-state index contributed by atoms with van der Waals surface area (Å²) in [5.41, 5.74) is 3.35. The van der Waals surface area contributed by atoms with E-state index in [4.69, 9.17) is 18.9 Å². The number of benzene rings is 2. The summed E-state index contributed by atoms with van der Waals surface area (Å²) < 4.78 is 22.9. The lowest BCUT2D eigenvalue weighted by Gasteiger charge is -2.16. The Morgan fingerprint density at radius 3 is 2.33 bits per heavy atom. The van der Waals surface area contributed by atoms with Crippen molar-refractivity contribution in [2.45, 2.75) is 44.4 Å². The van der Waals surface area contributed by atoms with Gasteiger partial charge in [-0.3, -0.25) is 0 Å². The van der Waals surface area contributed by atoms with Crippen molar-refractivity contribution >= 4 is 32.0 Å². The predicted octanol–water partition coefficient (Wildman–Crippen LogP) is 7.62. The highest BCUT2D eigenvalue weighted by molar-refractivity contribution is 7.98.